The van der Waals surface area contributed by atoms with Gasteiger partial charge in [-0.3, -0.25) is 0 Å². The third kappa shape index (κ3) is 5.38. The van der Waals surface area contributed by atoms with Crippen LogP contribution in [0, 0.1) is 0 Å². The number of methoxy groups -OCH3 is 1. The molecule has 1 saturated carbocycles. The zero-order valence-electron chi connectivity index (χ0n) is 12.8. The summed E-state index contributed by atoms with van der Waals surface area (Å²) in [5.74, 6) is 1.30. The summed E-state index contributed by atoms with van der Waals surface area (Å²) >= 11 is 6.32. The fourth-order valence-electron chi connectivity index (χ4n) is 2.04. The highest BCUT2D eigenvalue weighted by molar-refractivity contribution is 6.32. The van der Waals surface area contributed by atoms with Crippen molar-refractivity contribution in [2.24, 2.45) is 0 Å². The van der Waals surface area contributed by atoms with Gasteiger partial charge in [-0.2, -0.15) is 0 Å². The maximum atomic E-state index is 6.32. The van der Waals surface area contributed by atoms with Crippen LogP contribution < -0.4 is 14.8 Å². The van der Waals surface area contributed by atoms with Crippen LogP contribution in [0.3, 0.4) is 0 Å². The topological polar surface area (TPSA) is 39.7 Å². The number of ether oxygens (including phenoxy) is 3. The van der Waals surface area contributed by atoms with E-state index >= 15 is 0 Å². The second-order valence-electron chi connectivity index (χ2n) is 5.16. The second-order valence-corrected chi connectivity index (χ2v) is 5.57. The van der Waals surface area contributed by atoms with E-state index in [4.69, 9.17) is 25.8 Å². The monoisotopic (exact) mass is 313 g/mol. The third-order valence-electron chi connectivity index (χ3n) is 3.34. The van der Waals surface area contributed by atoms with Crippen LogP contribution in [0.2, 0.25) is 5.02 Å². The lowest BCUT2D eigenvalue weighted by Gasteiger charge is -2.14. The van der Waals surface area contributed by atoms with Gasteiger partial charge >= 0.3 is 0 Å². The Labute approximate surface area is 131 Å². The molecule has 1 N–H and O–H groups in total. The summed E-state index contributed by atoms with van der Waals surface area (Å²) in [6.07, 6.45) is 3.37. The number of benzene rings is 1. The summed E-state index contributed by atoms with van der Waals surface area (Å²) < 4.78 is 16.4. The van der Waals surface area contributed by atoms with Crippen molar-refractivity contribution in [2.75, 3.05) is 26.9 Å². The van der Waals surface area contributed by atoms with Gasteiger partial charge in [-0.15, -0.1) is 0 Å². The normalized spacial score (nSPS) is 14.2. The van der Waals surface area contributed by atoms with Gasteiger partial charge in [-0.05, 0) is 37.5 Å². The average molecular weight is 314 g/mol. The molecule has 2 rings (SSSR count). The summed E-state index contributed by atoms with van der Waals surface area (Å²) in [4.78, 5) is 0. The molecule has 0 saturated heterocycles. The first-order valence-electron chi connectivity index (χ1n) is 7.55. The van der Waals surface area contributed by atoms with E-state index in [0.717, 1.165) is 25.1 Å². The van der Waals surface area contributed by atoms with Crippen molar-refractivity contribution in [3.8, 4) is 11.5 Å². The molecule has 1 aliphatic carbocycles. The number of hydrogen-bond donors (Lipinski definition) is 1. The molecule has 0 unspecified atom stereocenters. The van der Waals surface area contributed by atoms with Crippen LogP contribution in [0.25, 0.3) is 0 Å². The third-order valence-corrected chi connectivity index (χ3v) is 3.63. The van der Waals surface area contributed by atoms with Gasteiger partial charge in [0.2, 0.25) is 0 Å². The highest BCUT2D eigenvalue weighted by Crippen LogP contribution is 2.36. The first-order valence-corrected chi connectivity index (χ1v) is 7.92. The molecule has 1 aromatic carbocycles. The minimum absolute atomic E-state index is 0.565. The van der Waals surface area contributed by atoms with Crippen LogP contribution in [0.4, 0.5) is 0 Å². The first kappa shape index (κ1) is 16.4. The van der Waals surface area contributed by atoms with Crippen LogP contribution in [-0.4, -0.2) is 33.0 Å². The van der Waals surface area contributed by atoms with Crippen LogP contribution >= 0.6 is 11.6 Å². The van der Waals surface area contributed by atoms with Gasteiger partial charge < -0.3 is 19.5 Å². The van der Waals surface area contributed by atoms with Crippen molar-refractivity contribution < 1.29 is 14.2 Å². The van der Waals surface area contributed by atoms with Crippen molar-refractivity contribution >= 4 is 11.6 Å². The van der Waals surface area contributed by atoms with Crippen molar-refractivity contribution in [2.45, 2.75) is 38.8 Å². The Hall–Kier alpha value is -0.970. The fourth-order valence-corrected chi connectivity index (χ4v) is 2.33. The predicted molar refractivity (Wildman–Crippen MR) is 84.5 cm³/mol. The standard InChI is InChI=1S/C16H24ClNO3/c1-3-20-7-4-8-21-16-14(17)9-12(10-15(16)19-2)11-18-13-5-6-13/h9-10,13,18H,3-8,11H2,1-2H3. The molecular weight excluding hydrogens is 290 g/mol. The first-order chi connectivity index (χ1) is 10.2. The van der Waals surface area contributed by atoms with Gasteiger partial charge in [0.1, 0.15) is 0 Å². The van der Waals surface area contributed by atoms with Crippen LogP contribution in [-0.2, 0) is 11.3 Å². The van der Waals surface area contributed by atoms with E-state index in [1.807, 2.05) is 19.1 Å². The van der Waals surface area contributed by atoms with Crippen LogP contribution in [0.1, 0.15) is 31.7 Å². The fraction of sp³-hybridized carbons (Fsp3) is 0.625. The van der Waals surface area contributed by atoms with Gasteiger partial charge in [0.25, 0.3) is 0 Å². The number of nitrogens with one attached hydrogen (secondary N) is 1. The second kappa shape index (κ2) is 8.47. The summed E-state index contributed by atoms with van der Waals surface area (Å²) in [5.41, 5.74) is 1.12. The van der Waals surface area contributed by atoms with Crippen molar-refractivity contribution in [1.29, 1.82) is 0 Å². The van der Waals surface area contributed by atoms with E-state index in [1.165, 1.54) is 12.8 Å². The summed E-state index contributed by atoms with van der Waals surface area (Å²) in [7, 11) is 1.64. The molecule has 1 aromatic rings. The van der Waals surface area contributed by atoms with Gasteiger partial charge in [-0.1, -0.05) is 11.6 Å². The maximum Gasteiger partial charge on any atom is 0.179 e. The molecule has 0 amide bonds. The summed E-state index contributed by atoms with van der Waals surface area (Å²) in [6, 6.07) is 4.60. The lowest BCUT2D eigenvalue weighted by Crippen LogP contribution is -2.15. The minimum Gasteiger partial charge on any atom is -0.493 e. The lowest BCUT2D eigenvalue weighted by molar-refractivity contribution is 0.130. The smallest absolute Gasteiger partial charge is 0.179 e. The van der Waals surface area contributed by atoms with Gasteiger partial charge in [0, 0.05) is 32.2 Å². The Balaban J connectivity index is 1.91. The Kier molecular flexibility index (Phi) is 6.61. The Morgan fingerprint density at radius 3 is 2.76 bits per heavy atom. The molecule has 1 aliphatic rings. The van der Waals surface area contributed by atoms with Gasteiger partial charge in [0.05, 0.1) is 18.7 Å². The number of halogens is 1. The molecule has 0 spiro atoms. The van der Waals surface area contributed by atoms with E-state index in [2.05, 4.69) is 5.32 Å². The van der Waals surface area contributed by atoms with E-state index < -0.39 is 0 Å². The molecule has 0 aromatic heterocycles. The molecule has 0 radical (unpaired) electrons. The van der Waals surface area contributed by atoms with E-state index in [-0.39, 0.29) is 0 Å². The average Bonchev–Trinajstić information content (AvgIpc) is 3.30. The van der Waals surface area contributed by atoms with E-state index in [9.17, 15) is 0 Å². The molecule has 1 fully saturated rings. The Bertz CT molecular complexity index is 449. The maximum absolute atomic E-state index is 6.32. The minimum atomic E-state index is 0.565. The highest BCUT2D eigenvalue weighted by atomic mass is 35.5. The van der Waals surface area contributed by atoms with Crippen LogP contribution in [0.15, 0.2) is 12.1 Å². The van der Waals surface area contributed by atoms with Gasteiger partial charge in [0.15, 0.2) is 11.5 Å². The molecule has 21 heavy (non-hydrogen) atoms. The molecule has 5 heteroatoms. The number of rotatable bonds is 10. The molecule has 0 aliphatic heterocycles. The molecule has 118 valence electrons. The molecule has 4 nitrogen and oxygen atoms in total. The summed E-state index contributed by atoms with van der Waals surface area (Å²) in [6.45, 7) is 4.78. The zero-order chi connectivity index (χ0) is 15.1. The van der Waals surface area contributed by atoms with Crippen molar-refractivity contribution in [3.05, 3.63) is 22.7 Å². The molecular formula is C16H24ClNO3. The zero-order valence-corrected chi connectivity index (χ0v) is 13.5. The Morgan fingerprint density at radius 1 is 1.29 bits per heavy atom. The van der Waals surface area contributed by atoms with Crippen molar-refractivity contribution in [1.82, 2.24) is 5.32 Å². The van der Waals surface area contributed by atoms with Gasteiger partial charge in [-0.25, -0.2) is 0 Å². The highest BCUT2D eigenvalue weighted by Gasteiger charge is 2.20. The molecule has 0 atom stereocenters. The largest absolute Gasteiger partial charge is 0.493 e. The van der Waals surface area contributed by atoms with E-state index in [1.54, 1.807) is 7.11 Å². The summed E-state index contributed by atoms with van der Waals surface area (Å²) in [5, 5.41) is 4.06. The SMILES string of the molecule is CCOCCCOc1c(Cl)cc(CNC2CC2)cc1OC. The van der Waals surface area contributed by atoms with E-state index in [0.29, 0.717) is 35.8 Å². The number of hydrogen-bond acceptors (Lipinski definition) is 4. The van der Waals surface area contributed by atoms with Crippen LogP contribution in [0.5, 0.6) is 11.5 Å². The lowest BCUT2D eigenvalue weighted by atomic mass is 10.2. The van der Waals surface area contributed by atoms with Crippen molar-refractivity contribution in [3.63, 3.8) is 0 Å². The molecule has 0 heterocycles. The predicted octanol–water partition coefficient (Wildman–Crippen LogP) is 3.41. The molecule has 0 bridgehead atoms. The Morgan fingerprint density at radius 2 is 2.10 bits per heavy atom. The quantitative estimate of drug-likeness (QED) is 0.672.